The second-order valence-electron chi connectivity index (χ2n) is 2.67. The molecule has 72 valence electrons. The molecule has 1 rings (SSSR count). The molecular weight excluding hydrogens is 204 g/mol. The van der Waals surface area contributed by atoms with Gasteiger partial charge in [-0.15, -0.1) is 0 Å². The number of carboxylic acid groups (broad SMARTS) is 1. The first-order valence-corrected chi connectivity index (χ1v) is 4.12. The van der Waals surface area contributed by atoms with Crippen LogP contribution in [0.3, 0.4) is 0 Å². The van der Waals surface area contributed by atoms with Crippen LogP contribution < -0.4 is 5.73 Å². The normalized spacial score (nSPS) is 9.43. The summed E-state index contributed by atoms with van der Waals surface area (Å²) in [7, 11) is 0. The quantitative estimate of drug-likeness (QED) is 0.723. The number of nitriles is 1. The van der Waals surface area contributed by atoms with Gasteiger partial charge < -0.3 is 10.8 Å². The standard InChI is InChI=1S/C9H7ClN2O2/c10-7-1-2-8(12)6(4-11)5(7)3-9(13)14/h1-2H,3,12H2,(H,13,14). The van der Waals surface area contributed by atoms with E-state index in [4.69, 9.17) is 27.7 Å². The maximum atomic E-state index is 10.5. The summed E-state index contributed by atoms with van der Waals surface area (Å²) in [6.07, 6.45) is -0.299. The van der Waals surface area contributed by atoms with Gasteiger partial charge in [-0.1, -0.05) is 11.6 Å². The molecular formula is C9H7ClN2O2. The van der Waals surface area contributed by atoms with Gasteiger partial charge in [0.25, 0.3) is 0 Å². The van der Waals surface area contributed by atoms with Crippen LogP contribution in [0.15, 0.2) is 12.1 Å². The Hall–Kier alpha value is -1.73. The van der Waals surface area contributed by atoms with E-state index in [9.17, 15) is 4.79 Å². The molecule has 0 radical (unpaired) electrons. The van der Waals surface area contributed by atoms with Gasteiger partial charge in [0, 0.05) is 16.3 Å². The molecule has 0 saturated heterocycles. The molecule has 0 atom stereocenters. The Balaban J connectivity index is 3.31. The van der Waals surface area contributed by atoms with Crippen molar-refractivity contribution in [2.75, 3.05) is 5.73 Å². The van der Waals surface area contributed by atoms with E-state index in [2.05, 4.69) is 0 Å². The van der Waals surface area contributed by atoms with Gasteiger partial charge in [0.1, 0.15) is 6.07 Å². The van der Waals surface area contributed by atoms with Crippen molar-refractivity contribution in [3.05, 3.63) is 28.3 Å². The number of hydrogen-bond donors (Lipinski definition) is 2. The maximum absolute atomic E-state index is 10.5. The molecule has 0 fully saturated rings. The van der Waals surface area contributed by atoms with Crippen LogP contribution in [0.5, 0.6) is 0 Å². The van der Waals surface area contributed by atoms with Crippen molar-refractivity contribution in [1.82, 2.24) is 0 Å². The molecule has 0 aliphatic heterocycles. The van der Waals surface area contributed by atoms with Crippen LogP contribution in [-0.4, -0.2) is 11.1 Å². The number of carboxylic acids is 1. The van der Waals surface area contributed by atoms with Crippen LogP contribution >= 0.6 is 11.6 Å². The molecule has 1 aromatic rings. The van der Waals surface area contributed by atoms with Crippen LogP contribution in [-0.2, 0) is 11.2 Å². The molecule has 0 heterocycles. The van der Waals surface area contributed by atoms with Gasteiger partial charge in [-0.3, -0.25) is 4.79 Å². The lowest BCUT2D eigenvalue weighted by Crippen LogP contribution is -2.05. The number of rotatable bonds is 2. The second-order valence-corrected chi connectivity index (χ2v) is 3.08. The van der Waals surface area contributed by atoms with Gasteiger partial charge in [-0.25, -0.2) is 0 Å². The summed E-state index contributed by atoms with van der Waals surface area (Å²) in [5.74, 6) is -1.05. The van der Waals surface area contributed by atoms with E-state index in [0.717, 1.165) is 0 Å². The summed E-state index contributed by atoms with van der Waals surface area (Å²) in [6, 6.07) is 4.80. The van der Waals surface area contributed by atoms with Crippen LogP contribution in [0, 0.1) is 11.3 Å². The van der Waals surface area contributed by atoms with Gasteiger partial charge in [-0.05, 0) is 12.1 Å². The lowest BCUT2D eigenvalue weighted by atomic mass is 10.0. The zero-order chi connectivity index (χ0) is 10.7. The van der Waals surface area contributed by atoms with Crippen molar-refractivity contribution < 1.29 is 9.90 Å². The summed E-state index contributed by atoms with van der Waals surface area (Å²) in [5.41, 5.74) is 6.15. The first-order valence-electron chi connectivity index (χ1n) is 3.75. The van der Waals surface area contributed by atoms with Gasteiger partial charge in [0.2, 0.25) is 0 Å². The predicted octanol–water partition coefficient (Wildman–Crippen LogP) is 1.42. The average molecular weight is 211 g/mol. The number of carbonyl (C=O) groups is 1. The van der Waals surface area contributed by atoms with Crippen LogP contribution in [0.25, 0.3) is 0 Å². The highest BCUT2D eigenvalue weighted by Gasteiger charge is 2.13. The lowest BCUT2D eigenvalue weighted by Gasteiger charge is -2.05. The third-order valence-electron chi connectivity index (χ3n) is 1.73. The number of nitrogens with two attached hydrogens (primary N) is 1. The number of aliphatic carboxylic acids is 1. The Morgan fingerprint density at radius 2 is 2.29 bits per heavy atom. The number of nitrogens with zero attached hydrogens (tertiary/aromatic N) is 1. The monoisotopic (exact) mass is 210 g/mol. The van der Waals surface area contributed by atoms with Gasteiger partial charge in [0.05, 0.1) is 12.0 Å². The minimum atomic E-state index is -1.05. The number of benzene rings is 1. The molecule has 0 saturated carbocycles. The fourth-order valence-corrected chi connectivity index (χ4v) is 1.32. The predicted molar refractivity (Wildman–Crippen MR) is 51.9 cm³/mol. The third kappa shape index (κ3) is 1.95. The zero-order valence-corrected chi connectivity index (χ0v) is 7.88. The first-order chi connectivity index (χ1) is 6.56. The maximum Gasteiger partial charge on any atom is 0.307 e. The highest BCUT2D eigenvalue weighted by atomic mass is 35.5. The molecule has 14 heavy (non-hydrogen) atoms. The second kappa shape index (κ2) is 3.99. The fourth-order valence-electron chi connectivity index (χ4n) is 1.10. The molecule has 0 bridgehead atoms. The molecule has 1 aromatic carbocycles. The largest absolute Gasteiger partial charge is 0.481 e. The molecule has 0 aromatic heterocycles. The van der Waals surface area contributed by atoms with Gasteiger partial charge in [-0.2, -0.15) is 5.26 Å². The summed E-state index contributed by atoms with van der Waals surface area (Å²) in [4.78, 5) is 10.5. The van der Waals surface area contributed by atoms with Crippen LogP contribution in [0.1, 0.15) is 11.1 Å². The first kappa shape index (κ1) is 10.4. The molecule has 3 N–H and O–H groups in total. The molecule has 4 nitrogen and oxygen atoms in total. The summed E-state index contributed by atoms with van der Waals surface area (Å²) in [5, 5.41) is 17.6. The molecule has 0 aliphatic rings. The number of halogens is 1. The summed E-state index contributed by atoms with van der Waals surface area (Å²) in [6.45, 7) is 0. The molecule has 0 unspecified atom stereocenters. The van der Waals surface area contributed by atoms with E-state index in [-0.39, 0.29) is 28.3 Å². The third-order valence-corrected chi connectivity index (χ3v) is 2.08. The smallest absolute Gasteiger partial charge is 0.307 e. The highest BCUT2D eigenvalue weighted by Crippen LogP contribution is 2.25. The summed E-state index contributed by atoms with van der Waals surface area (Å²) >= 11 is 5.75. The number of anilines is 1. The van der Waals surface area contributed by atoms with E-state index < -0.39 is 5.97 Å². The van der Waals surface area contributed by atoms with Crippen molar-refractivity contribution >= 4 is 23.3 Å². The average Bonchev–Trinajstić information content (AvgIpc) is 2.11. The van der Waals surface area contributed by atoms with E-state index in [1.54, 1.807) is 0 Å². The Bertz CT molecular complexity index is 424. The number of nitrogen functional groups attached to an aromatic ring is 1. The zero-order valence-electron chi connectivity index (χ0n) is 7.12. The topological polar surface area (TPSA) is 87.1 Å². The van der Waals surface area contributed by atoms with Crippen molar-refractivity contribution in [2.45, 2.75) is 6.42 Å². The molecule has 0 aliphatic carbocycles. The molecule has 5 heteroatoms. The number of hydrogen-bond acceptors (Lipinski definition) is 3. The van der Waals surface area contributed by atoms with Gasteiger partial charge >= 0.3 is 5.97 Å². The Morgan fingerprint density at radius 1 is 1.64 bits per heavy atom. The fraction of sp³-hybridized carbons (Fsp3) is 0.111. The van der Waals surface area contributed by atoms with E-state index >= 15 is 0 Å². The van der Waals surface area contributed by atoms with E-state index in [1.165, 1.54) is 12.1 Å². The SMILES string of the molecule is N#Cc1c(N)ccc(Cl)c1CC(=O)O. The molecule has 0 spiro atoms. The Morgan fingerprint density at radius 3 is 2.79 bits per heavy atom. The van der Waals surface area contributed by atoms with E-state index in [1.807, 2.05) is 6.07 Å². The summed E-state index contributed by atoms with van der Waals surface area (Å²) < 4.78 is 0. The lowest BCUT2D eigenvalue weighted by molar-refractivity contribution is -0.136. The van der Waals surface area contributed by atoms with Crippen molar-refractivity contribution in [3.63, 3.8) is 0 Å². The van der Waals surface area contributed by atoms with E-state index in [0.29, 0.717) is 0 Å². The van der Waals surface area contributed by atoms with Crippen molar-refractivity contribution in [3.8, 4) is 6.07 Å². The highest BCUT2D eigenvalue weighted by molar-refractivity contribution is 6.31. The minimum absolute atomic E-state index is 0.139. The van der Waals surface area contributed by atoms with Gasteiger partial charge in [0.15, 0.2) is 0 Å². The molecule has 0 amide bonds. The van der Waals surface area contributed by atoms with Crippen LogP contribution in [0.4, 0.5) is 5.69 Å². The van der Waals surface area contributed by atoms with Crippen LogP contribution in [0.2, 0.25) is 5.02 Å². The minimum Gasteiger partial charge on any atom is -0.481 e. The van der Waals surface area contributed by atoms with Crippen molar-refractivity contribution in [2.24, 2.45) is 0 Å². The Kier molecular flexibility index (Phi) is 2.95. The van der Waals surface area contributed by atoms with Crippen molar-refractivity contribution in [1.29, 1.82) is 5.26 Å². The Labute approximate surface area is 85.5 Å².